The second-order valence-electron chi connectivity index (χ2n) is 4.51. The Kier molecular flexibility index (Phi) is 4.08. The summed E-state index contributed by atoms with van der Waals surface area (Å²) in [4.78, 5) is 16.2. The summed E-state index contributed by atoms with van der Waals surface area (Å²) in [6.07, 6.45) is 0.678. The number of anilines is 1. The van der Waals surface area contributed by atoms with E-state index in [9.17, 15) is 4.79 Å². The van der Waals surface area contributed by atoms with Gasteiger partial charge in [-0.3, -0.25) is 4.57 Å². The van der Waals surface area contributed by atoms with Gasteiger partial charge in [0.05, 0.1) is 6.61 Å². The van der Waals surface area contributed by atoms with Gasteiger partial charge in [0.25, 0.3) is 0 Å². The topological polar surface area (TPSA) is 70.1 Å². The summed E-state index contributed by atoms with van der Waals surface area (Å²) < 4.78 is 6.78. The van der Waals surface area contributed by atoms with Crippen LogP contribution in [-0.4, -0.2) is 22.1 Å². The van der Waals surface area contributed by atoms with E-state index in [0.717, 1.165) is 17.1 Å². The molecule has 2 aromatic rings. The number of rotatable bonds is 4. The first-order valence-electron chi connectivity index (χ1n) is 6.69. The largest absolute Gasteiger partial charge is 0.461 e. The molecule has 0 spiro atoms. The van der Waals surface area contributed by atoms with Gasteiger partial charge in [0.2, 0.25) is 0 Å². The van der Waals surface area contributed by atoms with Crippen LogP contribution < -0.4 is 5.73 Å². The van der Waals surface area contributed by atoms with Crippen molar-refractivity contribution in [2.24, 2.45) is 0 Å². The maximum Gasteiger partial charge on any atom is 0.360 e. The molecule has 1 heterocycles. The number of aryl methyl sites for hydroxylation is 2. The molecule has 1 aromatic heterocycles. The Morgan fingerprint density at radius 3 is 2.50 bits per heavy atom. The quantitative estimate of drug-likeness (QED) is 0.869. The highest BCUT2D eigenvalue weighted by Crippen LogP contribution is 2.22. The van der Waals surface area contributed by atoms with Crippen LogP contribution in [0.2, 0.25) is 0 Å². The smallest absolute Gasteiger partial charge is 0.360 e. The molecule has 5 heteroatoms. The second kappa shape index (κ2) is 5.77. The predicted molar refractivity (Wildman–Crippen MR) is 78.0 cm³/mol. The van der Waals surface area contributed by atoms with Crippen molar-refractivity contribution in [1.29, 1.82) is 0 Å². The minimum absolute atomic E-state index is 0.185. The SMILES string of the molecule is CCOC(=O)c1nc(CC)n(-c2ccc(C)cc2)c1N. The van der Waals surface area contributed by atoms with Crippen molar-refractivity contribution in [3.63, 3.8) is 0 Å². The molecule has 0 saturated heterocycles. The van der Waals surface area contributed by atoms with Crippen molar-refractivity contribution in [3.05, 3.63) is 41.3 Å². The number of nitrogens with two attached hydrogens (primary N) is 1. The van der Waals surface area contributed by atoms with E-state index < -0.39 is 5.97 Å². The zero-order chi connectivity index (χ0) is 14.7. The van der Waals surface area contributed by atoms with E-state index in [4.69, 9.17) is 10.5 Å². The predicted octanol–water partition coefficient (Wildman–Crippen LogP) is 2.50. The number of nitrogen functional groups attached to an aromatic ring is 1. The van der Waals surface area contributed by atoms with Gasteiger partial charge in [0.15, 0.2) is 5.69 Å². The number of ether oxygens (including phenoxy) is 1. The molecule has 0 aliphatic rings. The molecule has 0 aliphatic carbocycles. The summed E-state index contributed by atoms with van der Waals surface area (Å²) in [5.74, 6) is 0.587. The lowest BCUT2D eigenvalue weighted by Gasteiger charge is -2.09. The fourth-order valence-corrected chi connectivity index (χ4v) is 2.05. The molecule has 0 unspecified atom stereocenters. The normalized spacial score (nSPS) is 10.6. The van der Waals surface area contributed by atoms with Gasteiger partial charge in [-0.15, -0.1) is 0 Å². The Balaban J connectivity index is 2.52. The number of hydrogen-bond acceptors (Lipinski definition) is 4. The lowest BCUT2D eigenvalue weighted by atomic mass is 10.2. The first kappa shape index (κ1) is 14.1. The number of aromatic nitrogens is 2. The van der Waals surface area contributed by atoms with Crippen LogP contribution in [0.3, 0.4) is 0 Å². The maximum absolute atomic E-state index is 11.9. The molecule has 5 nitrogen and oxygen atoms in total. The first-order valence-corrected chi connectivity index (χ1v) is 6.69. The molecule has 0 amide bonds. The molecule has 0 bridgehead atoms. The van der Waals surface area contributed by atoms with Crippen molar-refractivity contribution in [1.82, 2.24) is 9.55 Å². The Morgan fingerprint density at radius 2 is 1.95 bits per heavy atom. The molecule has 20 heavy (non-hydrogen) atoms. The van der Waals surface area contributed by atoms with Crippen LogP contribution in [-0.2, 0) is 11.2 Å². The number of nitrogens with zero attached hydrogens (tertiary/aromatic N) is 2. The molecular weight excluding hydrogens is 254 g/mol. The van der Waals surface area contributed by atoms with Crippen LogP contribution in [0, 0.1) is 6.92 Å². The van der Waals surface area contributed by atoms with Gasteiger partial charge in [0.1, 0.15) is 11.6 Å². The average Bonchev–Trinajstić information content (AvgIpc) is 2.77. The van der Waals surface area contributed by atoms with Crippen LogP contribution in [0.25, 0.3) is 5.69 Å². The van der Waals surface area contributed by atoms with Gasteiger partial charge < -0.3 is 10.5 Å². The molecule has 2 N–H and O–H groups in total. The van der Waals surface area contributed by atoms with Gasteiger partial charge in [-0.25, -0.2) is 9.78 Å². The highest BCUT2D eigenvalue weighted by molar-refractivity contribution is 5.92. The minimum atomic E-state index is -0.481. The fourth-order valence-electron chi connectivity index (χ4n) is 2.05. The molecule has 0 fully saturated rings. The highest BCUT2D eigenvalue weighted by Gasteiger charge is 2.21. The number of hydrogen-bond donors (Lipinski definition) is 1. The van der Waals surface area contributed by atoms with Crippen molar-refractivity contribution in [3.8, 4) is 5.69 Å². The molecule has 1 aromatic carbocycles. The third-order valence-electron chi connectivity index (χ3n) is 3.06. The highest BCUT2D eigenvalue weighted by atomic mass is 16.5. The van der Waals surface area contributed by atoms with Crippen LogP contribution in [0.1, 0.15) is 35.7 Å². The Hall–Kier alpha value is -2.30. The molecule has 0 aliphatic heterocycles. The number of esters is 1. The standard InChI is InChI=1S/C15H19N3O2/c1-4-12-17-13(15(19)20-5-2)14(16)18(12)11-8-6-10(3)7-9-11/h6-9H,4-5,16H2,1-3H3. The number of carbonyl (C=O) groups is 1. The van der Waals surface area contributed by atoms with Crippen LogP contribution >= 0.6 is 0 Å². The molecular formula is C15H19N3O2. The average molecular weight is 273 g/mol. The van der Waals surface area contributed by atoms with Gasteiger partial charge in [-0.1, -0.05) is 24.6 Å². The van der Waals surface area contributed by atoms with E-state index in [1.54, 1.807) is 11.5 Å². The molecule has 106 valence electrons. The van der Waals surface area contributed by atoms with E-state index in [2.05, 4.69) is 4.98 Å². The van der Waals surface area contributed by atoms with Crippen LogP contribution in [0.5, 0.6) is 0 Å². The summed E-state index contributed by atoms with van der Waals surface area (Å²) >= 11 is 0. The minimum Gasteiger partial charge on any atom is -0.461 e. The monoisotopic (exact) mass is 273 g/mol. The molecule has 0 atom stereocenters. The van der Waals surface area contributed by atoms with Crippen LogP contribution in [0.4, 0.5) is 5.82 Å². The van der Waals surface area contributed by atoms with E-state index in [-0.39, 0.29) is 5.69 Å². The van der Waals surface area contributed by atoms with Crippen molar-refractivity contribution in [2.75, 3.05) is 12.3 Å². The summed E-state index contributed by atoms with van der Waals surface area (Å²) in [5, 5.41) is 0. The van der Waals surface area contributed by atoms with Crippen molar-refractivity contribution >= 4 is 11.8 Å². The lowest BCUT2D eigenvalue weighted by molar-refractivity contribution is 0.0521. The van der Waals surface area contributed by atoms with Gasteiger partial charge in [-0.2, -0.15) is 0 Å². The summed E-state index contributed by atoms with van der Waals surface area (Å²) in [7, 11) is 0. The van der Waals surface area contributed by atoms with Crippen molar-refractivity contribution in [2.45, 2.75) is 27.2 Å². The van der Waals surface area contributed by atoms with Crippen molar-refractivity contribution < 1.29 is 9.53 Å². The Morgan fingerprint density at radius 1 is 1.30 bits per heavy atom. The van der Waals surface area contributed by atoms with E-state index in [0.29, 0.717) is 18.8 Å². The Bertz CT molecular complexity index is 615. The molecule has 0 saturated carbocycles. The Labute approximate surface area is 118 Å². The number of benzene rings is 1. The van der Waals surface area contributed by atoms with E-state index in [1.807, 2.05) is 38.1 Å². The summed E-state index contributed by atoms with van der Waals surface area (Å²) in [6, 6.07) is 7.92. The molecule has 2 rings (SSSR count). The summed E-state index contributed by atoms with van der Waals surface area (Å²) in [6.45, 7) is 6.05. The second-order valence-corrected chi connectivity index (χ2v) is 4.51. The van der Waals surface area contributed by atoms with E-state index >= 15 is 0 Å². The third-order valence-corrected chi connectivity index (χ3v) is 3.06. The molecule has 0 radical (unpaired) electrons. The number of imidazole rings is 1. The summed E-state index contributed by atoms with van der Waals surface area (Å²) in [5.41, 5.74) is 8.32. The zero-order valence-corrected chi connectivity index (χ0v) is 12.0. The van der Waals surface area contributed by atoms with Gasteiger partial charge >= 0.3 is 5.97 Å². The third kappa shape index (κ3) is 2.52. The van der Waals surface area contributed by atoms with Crippen LogP contribution in [0.15, 0.2) is 24.3 Å². The maximum atomic E-state index is 11.9. The fraction of sp³-hybridized carbons (Fsp3) is 0.333. The van der Waals surface area contributed by atoms with Gasteiger partial charge in [0, 0.05) is 12.1 Å². The number of carbonyl (C=O) groups excluding carboxylic acids is 1. The first-order chi connectivity index (χ1) is 9.58. The lowest BCUT2D eigenvalue weighted by Crippen LogP contribution is -2.09. The van der Waals surface area contributed by atoms with Gasteiger partial charge in [-0.05, 0) is 26.0 Å². The zero-order valence-electron chi connectivity index (χ0n) is 12.0. The van der Waals surface area contributed by atoms with E-state index in [1.165, 1.54) is 0 Å².